The number of carbonyl (C=O) groups excluding carboxylic acids is 5. The lowest BCUT2D eigenvalue weighted by Gasteiger charge is -2.38. The van der Waals surface area contributed by atoms with Gasteiger partial charge in [-0.25, -0.2) is 4.79 Å². The molecule has 0 saturated heterocycles. The molecule has 0 aliphatic heterocycles. The zero-order valence-corrected chi connectivity index (χ0v) is 23.8. The molecule has 5 N–H and O–H groups in total. The van der Waals surface area contributed by atoms with Crippen LogP contribution < -0.4 is 16.4 Å². The minimum Gasteiger partial charge on any atom is -0.508 e. The molecule has 0 fully saturated rings. The maximum atomic E-state index is 14.1. The third-order valence-corrected chi connectivity index (χ3v) is 5.68. The Morgan fingerprint density at radius 2 is 1.67 bits per heavy atom. The van der Waals surface area contributed by atoms with Crippen molar-refractivity contribution in [2.45, 2.75) is 84.5 Å². The second kappa shape index (κ2) is 14.9. The number of amides is 4. The number of hydrogen-bond donors (Lipinski definition) is 4. The molecule has 0 aliphatic carbocycles. The lowest BCUT2D eigenvalue weighted by atomic mass is 9.96. The van der Waals surface area contributed by atoms with Crippen LogP contribution in [0.1, 0.15) is 72.4 Å². The fraction of sp³-hybridized carbons (Fsp3) is 0.593. The van der Waals surface area contributed by atoms with Crippen molar-refractivity contribution in [1.29, 1.82) is 0 Å². The minimum absolute atomic E-state index is 0.0831. The van der Waals surface area contributed by atoms with Crippen LogP contribution in [0.15, 0.2) is 24.3 Å². The maximum Gasteiger partial charge on any atom is 0.408 e. The molecule has 3 unspecified atom stereocenters. The number of rotatable bonds is 13. The van der Waals surface area contributed by atoms with E-state index in [-0.39, 0.29) is 17.2 Å². The number of nitrogens with zero attached hydrogens (tertiary/aromatic N) is 1. The molecule has 0 aliphatic rings. The van der Waals surface area contributed by atoms with E-state index >= 15 is 0 Å². The van der Waals surface area contributed by atoms with E-state index in [2.05, 4.69) is 15.4 Å². The molecule has 1 rings (SSSR count). The highest BCUT2D eigenvalue weighted by Gasteiger charge is 2.40. The minimum atomic E-state index is -1.47. The van der Waals surface area contributed by atoms with Crippen LogP contribution in [0.5, 0.6) is 5.75 Å². The van der Waals surface area contributed by atoms with Gasteiger partial charge < -0.3 is 35.8 Å². The van der Waals surface area contributed by atoms with E-state index in [0.717, 1.165) is 7.11 Å². The molecule has 39 heavy (non-hydrogen) atoms. The summed E-state index contributed by atoms with van der Waals surface area (Å²) >= 11 is 0. The van der Waals surface area contributed by atoms with Gasteiger partial charge in [-0.05, 0) is 52.5 Å². The Balaban J connectivity index is 3.65. The first-order chi connectivity index (χ1) is 18.1. The Hall–Kier alpha value is -3.83. The van der Waals surface area contributed by atoms with Crippen LogP contribution in [0.25, 0.3) is 0 Å². The quantitative estimate of drug-likeness (QED) is 0.270. The molecule has 12 nitrogen and oxygen atoms in total. The Kier molecular flexibility index (Phi) is 12.7. The third-order valence-electron chi connectivity index (χ3n) is 5.68. The van der Waals surface area contributed by atoms with E-state index < -0.39 is 66.5 Å². The summed E-state index contributed by atoms with van der Waals surface area (Å²) < 4.78 is 9.86. The number of nitrogens with one attached hydrogen (secondary N) is 2. The van der Waals surface area contributed by atoms with Crippen molar-refractivity contribution in [3.63, 3.8) is 0 Å². The molecule has 1 aromatic rings. The molecule has 0 aromatic heterocycles. The number of benzene rings is 1. The number of alkyl carbamates (subject to hydrolysis) is 1. The van der Waals surface area contributed by atoms with Crippen molar-refractivity contribution in [3.05, 3.63) is 29.8 Å². The summed E-state index contributed by atoms with van der Waals surface area (Å²) in [6.45, 7) is 10.1. The predicted molar refractivity (Wildman–Crippen MR) is 143 cm³/mol. The number of para-hydroxylation sites is 1. The first-order valence-corrected chi connectivity index (χ1v) is 12.8. The average Bonchev–Trinajstić information content (AvgIpc) is 2.82. The lowest BCUT2D eigenvalue weighted by Crippen LogP contribution is -2.56. The lowest BCUT2D eigenvalue weighted by molar-refractivity contribution is -0.147. The molecule has 3 atom stereocenters. The van der Waals surface area contributed by atoms with E-state index in [1.165, 1.54) is 17.0 Å². The van der Waals surface area contributed by atoms with Crippen LogP contribution in [0.4, 0.5) is 4.79 Å². The molecule has 0 bridgehead atoms. The van der Waals surface area contributed by atoms with Gasteiger partial charge in [0.05, 0.1) is 13.5 Å². The zero-order valence-electron chi connectivity index (χ0n) is 23.8. The number of nitrogens with two attached hydrogens (primary N) is 1. The summed E-state index contributed by atoms with van der Waals surface area (Å²) in [6.07, 6.45) is -0.385. The van der Waals surface area contributed by atoms with Crippen molar-refractivity contribution in [2.24, 2.45) is 11.7 Å². The van der Waals surface area contributed by atoms with Crippen molar-refractivity contribution in [2.75, 3.05) is 13.7 Å². The highest BCUT2D eigenvalue weighted by Crippen LogP contribution is 2.32. The largest absolute Gasteiger partial charge is 0.508 e. The van der Waals surface area contributed by atoms with Crippen molar-refractivity contribution >= 4 is 29.8 Å². The fourth-order valence-corrected chi connectivity index (χ4v) is 3.81. The molecule has 1 aromatic carbocycles. The number of aromatic hydroxyl groups is 1. The molecule has 4 amide bonds. The van der Waals surface area contributed by atoms with Crippen LogP contribution in [0.2, 0.25) is 0 Å². The van der Waals surface area contributed by atoms with Gasteiger partial charge in [-0.15, -0.1) is 0 Å². The van der Waals surface area contributed by atoms with Crippen LogP contribution in [0.3, 0.4) is 0 Å². The molecular formula is C27H42N4O8. The Labute approximate surface area is 229 Å². The summed E-state index contributed by atoms with van der Waals surface area (Å²) in [5.74, 6) is -3.16. The molecule has 0 radical (unpaired) electrons. The monoisotopic (exact) mass is 550 g/mol. The van der Waals surface area contributed by atoms with Gasteiger partial charge in [0.15, 0.2) is 0 Å². The summed E-state index contributed by atoms with van der Waals surface area (Å²) in [5.41, 5.74) is 4.60. The normalized spacial score (nSPS) is 13.5. The fourth-order valence-electron chi connectivity index (χ4n) is 3.81. The molecule has 0 saturated carbocycles. The number of methoxy groups -OCH3 is 1. The third kappa shape index (κ3) is 11.2. The smallest absolute Gasteiger partial charge is 0.408 e. The second-order valence-corrected chi connectivity index (χ2v) is 10.7. The van der Waals surface area contributed by atoms with Gasteiger partial charge in [0.25, 0.3) is 0 Å². The second-order valence-electron chi connectivity index (χ2n) is 10.7. The van der Waals surface area contributed by atoms with Gasteiger partial charge >= 0.3 is 12.1 Å². The number of ether oxygens (including phenoxy) is 2. The van der Waals surface area contributed by atoms with Gasteiger partial charge in [-0.1, -0.05) is 32.0 Å². The Morgan fingerprint density at radius 1 is 1.05 bits per heavy atom. The number of hydrogen-bond acceptors (Lipinski definition) is 8. The van der Waals surface area contributed by atoms with Crippen LogP contribution in [-0.2, 0) is 28.7 Å². The zero-order chi connectivity index (χ0) is 29.9. The van der Waals surface area contributed by atoms with Gasteiger partial charge in [0, 0.05) is 11.6 Å². The van der Waals surface area contributed by atoms with E-state index in [9.17, 15) is 29.1 Å². The van der Waals surface area contributed by atoms with Gasteiger partial charge in [-0.2, -0.15) is 0 Å². The van der Waals surface area contributed by atoms with Crippen LogP contribution >= 0.6 is 0 Å². The highest BCUT2D eigenvalue weighted by atomic mass is 16.6. The molecule has 12 heteroatoms. The average molecular weight is 551 g/mol. The first kappa shape index (κ1) is 33.2. The van der Waals surface area contributed by atoms with Crippen molar-refractivity contribution in [3.8, 4) is 5.75 Å². The van der Waals surface area contributed by atoms with Crippen LogP contribution in [-0.4, -0.2) is 71.1 Å². The SMILES string of the molecule is COC(=O)CNC(=O)C(c1ccccc1O)N(C(=O)C(CC(N)=O)NC(=O)OC(C)(C)C)C(C)CCC(C)C. The maximum absolute atomic E-state index is 14.1. The number of phenolic OH excluding ortho intramolecular Hbond substituents is 1. The highest BCUT2D eigenvalue weighted by molar-refractivity contribution is 5.95. The molecule has 218 valence electrons. The molecule has 0 spiro atoms. The van der Waals surface area contributed by atoms with Crippen LogP contribution in [0, 0.1) is 5.92 Å². The number of esters is 1. The summed E-state index contributed by atoms with van der Waals surface area (Å²) in [5, 5.41) is 15.5. The number of phenols is 1. The predicted octanol–water partition coefficient (Wildman–Crippen LogP) is 2.14. The Morgan fingerprint density at radius 3 is 2.18 bits per heavy atom. The summed E-state index contributed by atoms with van der Waals surface area (Å²) in [4.78, 5) is 65.1. The Bertz CT molecular complexity index is 1020. The molecular weight excluding hydrogens is 508 g/mol. The first-order valence-electron chi connectivity index (χ1n) is 12.8. The van der Waals surface area contributed by atoms with E-state index in [1.807, 2.05) is 13.8 Å². The van der Waals surface area contributed by atoms with Crippen molar-refractivity contribution < 1.29 is 38.6 Å². The van der Waals surface area contributed by atoms with E-state index in [1.54, 1.807) is 39.8 Å². The molecule has 0 heterocycles. The van der Waals surface area contributed by atoms with Crippen molar-refractivity contribution in [1.82, 2.24) is 15.5 Å². The number of primary amides is 1. The summed E-state index contributed by atoms with van der Waals surface area (Å²) in [6, 6.07) is 2.45. The van der Waals surface area contributed by atoms with E-state index in [4.69, 9.17) is 10.5 Å². The van der Waals surface area contributed by atoms with Gasteiger partial charge in [-0.3, -0.25) is 19.2 Å². The van der Waals surface area contributed by atoms with E-state index in [0.29, 0.717) is 12.8 Å². The topological polar surface area (TPSA) is 177 Å². The standard InChI is InChI=1S/C27H42N4O8/c1-16(2)12-13-17(3)31(25(36)19(14-21(28)33)30-26(37)39-27(4,5)6)23(18-10-8-9-11-20(18)32)24(35)29-15-22(34)38-7/h8-11,16-17,19,23,32H,12-15H2,1-7H3,(H2,28,33)(H,29,35)(H,30,37). The summed E-state index contributed by atoms with van der Waals surface area (Å²) in [7, 11) is 1.16. The van der Waals surface area contributed by atoms with Gasteiger partial charge in [0.2, 0.25) is 17.7 Å². The number of carbonyl (C=O) groups is 5. The van der Waals surface area contributed by atoms with Gasteiger partial charge in [0.1, 0.15) is 30.0 Å².